The molecule has 4 rings (SSSR count). The van der Waals surface area contributed by atoms with E-state index < -0.39 is 11.7 Å². The molecule has 2 aromatic heterocycles. The van der Waals surface area contributed by atoms with Crippen LogP contribution in [0, 0.1) is 0 Å². The predicted molar refractivity (Wildman–Crippen MR) is 127 cm³/mol. The highest BCUT2D eigenvalue weighted by atomic mass is 19.4. The van der Waals surface area contributed by atoms with Gasteiger partial charge in [-0.2, -0.15) is 18.3 Å². The summed E-state index contributed by atoms with van der Waals surface area (Å²) in [5.41, 5.74) is 3.35. The molecule has 0 fully saturated rings. The van der Waals surface area contributed by atoms with Crippen molar-refractivity contribution < 1.29 is 17.9 Å². The Morgan fingerprint density at radius 1 is 0.941 bits per heavy atom. The lowest BCUT2D eigenvalue weighted by atomic mass is 9.76. The van der Waals surface area contributed by atoms with Crippen LogP contribution in [-0.4, -0.2) is 28.3 Å². The number of methoxy groups -OCH3 is 1. The van der Waals surface area contributed by atoms with E-state index in [4.69, 9.17) is 4.74 Å². The van der Waals surface area contributed by atoms with E-state index in [0.29, 0.717) is 23.4 Å². The molecular formula is C27H28F3N3O. The van der Waals surface area contributed by atoms with Gasteiger partial charge in [0.25, 0.3) is 0 Å². The largest absolute Gasteiger partial charge is 0.416 e. The monoisotopic (exact) mass is 467 g/mol. The van der Waals surface area contributed by atoms with Gasteiger partial charge in [-0.15, -0.1) is 0 Å². The van der Waals surface area contributed by atoms with E-state index in [-0.39, 0.29) is 5.41 Å². The molecule has 0 bridgehead atoms. The number of unbranched alkanes of at least 4 members (excludes halogenated alkanes) is 1. The topological polar surface area (TPSA) is 39.4 Å². The normalized spacial score (nSPS) is 13.8. The highest BCUT2D eigenvalue weighted by molar-refractivity contribution is 5.77. The average molecular weight is 468 g/mol. The Labute approximate surface area is 197 Å². The number of benzene rings is 2. The van der Waals surface area contributed by atoms with Gasteiger partial charge < -0.3 is 4.74 Å². The maximum Gasteiger partial charge on any atom is 0.416 e. The predicted octanol–water partition coefficient (Wildman–Crippen LogP) is 6.73. The van der Waals surface area contributed by atoms with Crippen LogP contribution in [0.2, 0.25) is 0 Å². The van der Waals surface area contributed by atoms with Crippen LogP contribution < -0.4 is 0 Å². The van der Waals surface area contributed by atoms with Gasteiger partial charge >= 0.3 is 6.18 Å². The first-order valence-corrected chi connectivity index (χ1v) is 11.4. The molecule has 4 nitrogen and oxygen atoms in total. The maximum atomic E-state index is 13.0. The van der Waals surface area contributed by atoms with Gasteiger partial charge in [0.05, 0.1) is 17.5 Å². The summed E-state index contributed by atoms with van der Waals surface area (Å²) < 4.78 is 46.0. The van der Waals surface area contributed by atoms with Crippen LogP contribution in [0.1, 0.15) is 43.0 Å². The third kappa shape index (κ3) is 5.14. The van der Waals surface area contributed by atoms with Crippen molar-refractivity contribution in [2.75, 3.05) is 13.7 Å². The smallest absolute Gasteiger partial charge is 0.385 e. The Kier molecular flexibility index (Phi) is 7.03. The first kappa shape index (κ1) is 24.0. The number of aromatic nitrogens is 3. The molecule has 1 unspecified atom stereocenters. The molecule has 2 heterocycles. The number of hydrogen-bond acceptors (Lipinski definition) is 3. The van der Waals surface area contributed by atoms with Gasteiger partial charge in [0, 0.05) is 30.9 Å². The van der Waals surface area contributed by atoms with Crippen molar-refractivity contribution in [3.8, 4) is 11.1 Å². The quantitative estimate of drug-likeness (QED) is 0.256. The van der Waals surface area contributed by atoms with Crippen LogP contribution in [0.3, 0.4) is 0 Å². The second-order valence-electron chi connectivity index (χ2n) is 8.87. The number of alkyl halides is 3. The van der Waals surface area contributed by atoms with Gasteiger partial charge in [-0.05, 0) is 48.6 Å². The molecule has 7 heteroatoms. The molecule has 0 aliphatic heterocycles. The molecule has 4 aromatic rings. The summed E-state index contributed by atoms with van der Waals surface area (Å²) in [6, 6.07) is 17.5. The summed E-state index contributed by atoms with van der Waals surface area (Å²) in [7, 11) is 1.71. The van der Waals surface area contributed by atoms with Crippen molar-refractivity contribution in [3.63, 3.8) is 0 Å². The molecule has 0 saturated heterocycles. The van der Waals surface area contributed by atoms with Crippen LogP contribution >= 0.6 is 0 Å². The second-order valence-corrected chi connectivity index (χ2v) is 8.87. The molecule has 0 radical (unpaired) electrons. The summed E-state index contributed by atoms with van der Waals surface area (Å²) in [4.78, 5) is 4.54. The van der Waals surface area contributed by atoms with Gasteiger partial charge in [0.1, 0.15) is 0 Å². The van der Waals surface area contributed by atoms with Crippen molar-refractivity contribution >= 4 is 5.65 Å². The van der Waals surface area contributed by atoms with Gasteiger partial charge in [-0.3, -0.25) is 0 Å². The summed E-state index contributed by atoms with van der Waals surface area (Å²) in [6.07, 6.45) is 2.79. The number of rotatable bonds is 9. The Balaban J connectivity index is 1.73. The fourth-order valence-electron chi connectivity index (χ4n) is 4.51. The third-order valence-electron chi connectivity index (χ3n) is 6.31. The molecule has 0 aliphatic rings. The van der Waals surface area contributed by atoms with Crippen LogP contribution in [0.25, 0.3) is 16.8 Å². The fourth-order valence-corrected chi connectivity index (χ4v) is 4.51. The molecule has 0 amide bonds. The number of hydrogen-bond donors (Lipinski definition) is 0. The van der Waals surface area contributed by atoms with E-state index in [1.54, 1.807) is 19.5 Å². The maximum absolute atomic E-state index is 13.0. The minimum Gasteiger partial charge on any atom is -0.385 e. The van der Waals surface area contributed by atoms with E-state index in [9.17, 15) is 13.2 Å². The fraction of sp³-hybridized carbons (Fsp3) is 0.333. The first-order chi connectivity index (χ1) is 16.3. The van der Waals surface area contributed by atoms with Crippen molar-refractivity contribution in [2.24, 2.45) is 0 Å². The Morgan fingerprint density at radius 3 is 2.35 bits per heavy atom. The Bertz CT molecular complexity index is 1220. The zero-order valence-electron chi connectivity index (χ0n) is 19.3. The van der Waals surface area contributed by atoms with Crippen LogP contribution in [0.5, 0.6) is 0 Å². The van der Waals surface area contributed by atoms with Crippen LogP contribution in [-0.2, 0) is 22.7 Å². The van der Waals surface area contributed by atoms with Gasteiger partial charge in [-0.1, -0.05) is 55.8 Å². The van der Waals surface area contributed by atoms with E-state index in [1.807, 2.05) is 28.8 Å². The van der Waals surface area contributed by atoms with Gasteiger partial charge in [-0.25, -0.2) is 9.50 Å². The molecule has 178 valence electrons. The SMILES string of the molecule is COCCCCC(C)(Cc1ccccc1)c1ccnc2c(-c3ccc(C(F)(F)F)cc3)cnn12. The molecule has 0 N–H and O–H groups in total. The van der Waals surface area contributed by atoms with Crippen LogP contribution in [0.4, 0.5) is 13.2 Å². The zero-order valence-corrected chi connectivity index (χ0v) is 19.3. The lowest BCUT2D eigenvalue weighted by molar-refractivity contribution is -0.137. The van der Waals surface area contributed by atoms with E-state index >= 15 is 0 Å². The highest BCUT2D eigenvalue weighted by Crippen LogP contribution is 2.36. The number of fused-ring (bicyclic) bond motifs is 1. The molecule has 2 aromatic carbocycles. The number of nitrogens with zero attached hydrogens (tertiary/aromatic N) is 3. The van der Waals surface area contributed by atoms with Gasteiger partial charge in [0.2, 0.25) is 0 Å². The Hall–Kier alpha value is -3.19. The summed E-state index contributed by atoms with van der Waals surface area (Å²) in [5, 5.41) is 4.63. The van der Waals surface area contributed by atoms with Crippen molar-refractivity contribution in [3.05, 3.63) is 89.9 Å². The number of ether oxygens (including phenoxy) is 1. The highest BCUT2D eigenvalue weighted by Gasteiger charge is 2.31. The van der Waals surface area contributed by atoms with Gasteiger partial charge in [0.15, 0.2) is 5.65 Å². The van der Waals surface area contributed by atoms with E-state index in [1.165, 1.54) is 17.7 Å². The van der Waals surface area contributed by atoms with Crippen LogP contribution in [0.15, 0.2) is 73.1 Å². The molecular weight excluding hydrogens is 439 g/mol. The van der Waals surface area contributed by atoms with E-state index in [2.05, 4.69) is 29.1 Å². The summed E-state index contributed by atoms with van der Waals surface area (Å²) >= 11 is 0. The van der Waals surface area contributed by atoms with Crippen molar-refractivity contribution in [1.29, 1.82) is 0 Å². The second kappa shape index (κ2) is 9.97. The lowest BCUT2D eigenvalue weighted by Crippen LogP contribution is -2.28. The minimum atomic E-state index is -4.37. The first-order valence-electron chi connectivity index (χ1n) is 11.4. The van der Waals surface area contributed by atoms with E-state index in [0.717, 1.165) is 43.5 Å². The molecule has 34 heavy (non-hydrogen) atoms. The third-order valence-corrected chi connectivity index (χ3v) is 6.31. The standard InChI is InChI=1S/C27H28F3N3O/c1-26(15-6-7-17-34-2,18-20-8-4-3-5-9-20)24-14-16-31-25-23(19-32-33(24)25)21-10-12-22(13-11-21)27(28,29)30/h3-5,8-14,16,19H,6-7,15,17-18H2,1-2H3. The molecule has 0 aliphatic carbocycles. The summed E-state index contributed by atoms with van der Waals surface area (Å²) in [5.74, 6) is 0. The molecule has 1 atom stereocenters. The average Bonchev–Trinajstić information content (AvgIpc) is 3.26. The Morgan fingerprint density at radius 2 is 1.68 bits per heavy atom. The number of halogens is 3. The minimum absolute atomic E-state index is 0.223. The lowest BCUT2D eigenvalue weighted by Gasteiger charge is -2.31. The molecule has 0 saturated carbocycles. The van der Waals surface area contributed by atoms with Crippen molar-refractivity contribution in [1.82, 2.24) is 14.6 Å². The van der Waals surface area contributed by atoms with Crippen molar-refractivity contribution in [2.45, 2.75) is 44.2 Å². The molecule has 0 spiro atoms. The summed E-state index contributed by atoms with van der Waals surface area (Å²) in [6.45, 7) is 2.95. The zero-order chi connectivity index (χ0) is 24.2.